The van der Waals surface area contributed by atoms with E-state index < -0.39 is 0 Å². The molecule has 1 unspecified atom stereocenters. The normalized spacial score (nSPS) is 20.2. The zero-order valence-corrected chi connectivity index (χ0v) is 7.59. The van der Waals surface area contributed by atoms with Gasteiger partial charge in [-0.1, -0.05) is 0 Å². The van der Waals surface area contributed by atoms with Gasteiger partial charge in [0.15, 0.2) is 0 Å². The summed E-state index contributed by atoms with van der Waals surface area (Å²) in [6.45, 7) is 2.22. The van der Waals surface area contributed by atoms with Crippen LogP contribution in [0.2, 0.25) is 0 Å². The summed E-state index contributed by atoms with van der Waals surface area (Å²) in [6.07, 6.45) is 3.13. The quantitative estimate of drug-likeness (QED) is 0.628. The molecule has 0 amide bonds. The van der Waals surface area contributed by atoms with E-state index >= 15 is 0 Å². The SMILES string of the molecule is CC1Cc2cc3[nH]ccc3cc2N1. The molecule has 3 rings (SSSR count). The van der Waals surface area contributed by atoms with E-state index in [2.05, 4.69) is 35.4 Å². The molecule has 1 aliphatic rings. The number of hydrogen-bond donors (Lipinski definition) is 2. The summed E-state index contributed by atoms with van der Waals surface area (Å²) in [5.41, 5.74) is 3.98. The second-order valence-corrected chi connectivity index (χ2v) is 3.82. The Kier molecular flexibility index (Phi) is 1.23. The molecule has 2 heterocycles. The third kappa shape index (κ3) is 0.949. The highest BCUT2D eigenvalue weighted by atomic mass is 14.9. The van der Waals surface area contributed by atoms with Gasteiger partial charge in [-0.3, -0.25) is 0 Å². The van der Waals surface area contributed by atoms with E-state index in [0.29, 0.717) is 6.04 Å². The number of aromatic nitrogens is 1. The topological polar surface area (TPSA) is 27.8 Å². The van der Waals surface area contributed by atoms with Crippen LogP contribution < -0.4 is 5.32 Å². The lowest BCUT2D eigenvalue weighted by atomic mass is 10.1. The predicted molar refractivity (Wildman–Crippen MR) is 55.1 cm³/mol. The van der Waals surface area contributed by atoms with E-state index in [4.69, 9.17) is 0 Å². The number of H-pyrrole nitrogens is 1. The highest BCUT2D eigenvalue weighted by molar-refractivity contribution is 5.85. The van der Waals surface area contributed by atoms with Crippen molar-refractivity contribution in [1.82, 2.24) is 4.98 Å². The minimum absolute atomic E-state index is 0.585. The fraction of sp³-hybridized carbons (Fsp3) is 0.273. The van der Waals surface area contributed by atoms with Crippen molar-refractivity contribution in [3.8, 4) is 0 Å². The van der Waals surface area contributed by atoms with Crippen LogP contribution in [0.4, 0.5) is 5.69 Å². The molecule has 2 N–H and O–H groups in total. The van der Waals surface area contributed by atoms with Gasteiger partial charge < -0.3 is 10.3 Å². The van der Waals surface area contributed by atoms with Crippen molar-refractivity contribution < 1.29 is 0 Å². The summed E-state index contributed by atoms with van der Waals surface area (Å²) >= 11 is 0. The van der Waals surface area contributed by atoms with Crippen LogP contribution >= 0.6 is 0 Å². The van der Waals surface area contributed by atoms with Crippen molar-refractivity contribution in [2.45, 2.75) is 19.4 Å². The van der Waals surface area contributed by atoms with Gasteiger partial charge in [0.05, 0.1) is 0 Å². The molecule has 1 atom stereocenters. The highest BCUT2D eigenvalue weighted by Crippen LogP contribution is 2.29. The Morgan fingerprint density at radius 3 is 3.23 bits per heavy atom. The second kappa shape index (κ2) is 2.28. The minimum atomic E-state index is 0.585. The van der Waals surface area contributed by atoms with Gasteiger partial charge >= 0.3 is 0 Å². The van der Waals surface area contributed by atoms with Gasteiger partial charge in [-0.15, -0.1) is 0 Å². The van der Waals surface area contributed by atoms with Crippen LogP contribution in [0.3, 0.4) is 0 Å². The first-order chi connectivity index (χ1) is 6.33. The zero-order valence-electron chi connectivity index (χ0n) is 7.59. The molecule has 0 bridgehead atoms. The summed E-state index contributed by atoms with van der Waals surface area (Å²) < 4.78 is 0. The van der Waals surface area contributed by atoms with Crippen LogP contribution in [0.25, 0.3) is 10.9 Å². The fourth-order valence-corrected chi connectivity index (χ4v) is 2.09. The molecule has 1 aromatic heterocycles. The van der Waals surface area contributed by atoms with Crippen molar-refractivity contribution in [3.05, 3.63) is 30.0 Å². The van der Waals surface area contributed by atoms with Crippen LogP contribution in [-0.4, -0.2) is 11.0 Å². The number of aromatic amines is 1. The number of benzene rings is 1. The van der Waals surface area contributed by atoms with E-state index in [-0.39, 0.29) is 0 Å². The average molecular weight is 172 g/mol. The van der Waals surface area contributed by atoms with Gasteiger partial charge in [0.25, 0.3) is 0 Å². The lowest BCUT2D eigenvalue weighted by Gasteiger charge is -2.01. The van der Waals surface area contributed by atoms with Gasteiger partial charge in [0.1, 0.15) is 0 Å². The van der Waals surface area contributed by atoms with Crippen LogP contribution in [0.15, 0.2) is 24.4 Å². The van der Waals surface area contributed by atoms with Gasteiger partial charge in [0, 0.05) is 28.8 Å². The molecular weight excluding hydrogens is 160 g/mol. The Hall–Kier alpha value is -1.44. The summed E-state index contributed by atoms with van der Waals surface area (Å²) in [4.78, 5) is 3.24. The van der Waals surface area contributed by atoms with Crippen molar-refractivity contribution in [1.29, 1.82) is 0 Å². The molecule has 66 valence electrons. The largest absolute Gasteiger partial charge is 0.382 e. The van der Waals surface area contributed by atoms with Crippen molar-refractivity contribution in [3.63, 3.8) is 0 Å². The Bertz CT molecular complexity index is 416. The summed E-state index contributed by atoms with van der Waals surface area (Å²) in [7, 11) is 0. The first kappa shape index (κ1) is 7.01. The van der Waals surface area contributed by atoms with Crippen LogP contribution in [0.1, 0.15) is 12.5 Å². The molecule has 1 aromatic carbocycles. The van der Waals surface area contributed by atoms with Crippen LogP contribution in [-0.2, 0) is 6.42 Å². The van der Waals surface area contributed by atoms with E-state index in [1.165, 1.54) is 22.2 Å². The molecule has 2 nitrogen and oxygen atoms in total. The van der Waals surface area contributed by atoms with Crippen molar-refractivity contribution in [2.75, 3.05) is 5.32 Å². The molecule has 13 heavy (non-hydrogen) atoms. The number of hydrogen-bond acceptors (Lipinski definition) is 1. The smallest absolute Gasteiger partial charge is 0.0458 e. The van der Waals surface area contributed by atoms with Gasteiger partial charge in [-0.2, -0.15) is 0 Å². The number of fused-ring (bicyclic) bond motifs is 2. The third-order valence-electron chi connectivity index (χ3n) is 2.71. The highest BCUT2D eigenvalue weighted by Gasteiger charge is 2.16. The Labute approximate surface area is 77.0 Å². The average Bonchev–Trinajstić information content (AvgIpc) is 2.63. The molecule has 0 saturated carbocycles. The Morgan fingerprint density at radius 1 is 1.38 bits per heavy atom. The Morgan fingerprint density at radius 2 is 2.31 bits per heavy atom. The lowest BCUT2D eigenvalue weighted by molar-refractivity contribution is 0.839. The summed E-state index contributed by atoms with van der Waals surface area (Å²) in [5, 5.41) is 4.76. The maximum atomic E-state index is 3.47. The van der Waals surface area contributed by atoms with Gasteiger partial charge in [-0.25, -0.2) is 0 Å². The second-order valence-electron chi connectivity index (χ2n) is 3.82. The molecule has 0 fully saturated rings. The summed E-state index contributed by atoms with van der Waals surface area (Å²) in [6, 6.07) is 7.17. The fourth-order valence-electron chi connectivity index (χ4n) is 2.09. The van der Waals surface area contributed by atoms with E-state index in [1.807, 2.05) is 6.20 Å². The molecule has 0 aliphatic carbocycles. The minimum Gasteiger partial charge on any atom is -0.382 e. The van der Waals surface area contributed by atoms with Crippen LogP contribution in [0.5, 0.6) is 0 Å². The van der Waals surface area contributed by atoms with E-state index in [0.717, 1.165) is 6.42 Å². The van der Waals surface area contributed by atoms with Crippen molar-refractivity contribution in [2.24, 2.45) is 0 Å². The number of anilines is 1. The maximum Gasteiger partial charge on any atom is 0.0458 e. The molecule has 0 spiro atoms. The van der Waals surface area contributed by atoms with Crippen molar-refractivity contribution >= 4 is 16.6 Å². The number of rotatable bonds is 0. The van der Waals surface area contributed by atoms with Gasteiger partial charge in [-0.05, 0) is 37.1 Å². The number of nitrogens with one attached hydrogen (secondary N) is 2. The lowest BCUT2D eigenvalue weighted by Crippen LogP contribution is -2.08. The van der Waals surface area contributed by atoms with Gasteiger partial charge in [0.2, 0.25) is 0 Å². The molecule has 0 radical (unpaired) electrons. The molecule has 0 saturated heterocycles. The Balaban J connectivity index is 2.27. The van der Waals surface area contributed by atoms with E-state index in [1.54, 1.807) is 0 Å². The summed E-state index contributed by atoms with van der Waals surface area (Å²) in [5.74, 6) is 0. The maximum absolute atomic E-state index is 3.47. The molecular formula is C11H12N2. The first-order valence-corrected chi connectivity index (χ1v) is 4.69. The zero-order chi connectivity index (χ0) is 8.84. The first-order valence-electron chi connectivity index (χ1n) is 4.69. The van der Waals surface area contributed by atoms with Crippen LogP contribution in [0, 0.1) is 0 Å². The molecule has 1 aliphatic heterocycles. The third-order valence-corrected chi connectivity index (χ3v) is 2.71. The predicted octanol–water partition coefficient (Wildman–Crippen LogP) is 2.52. The van der Waals surface area contributed by atoms with E-state index in [9.17, 15) is 0 Å². The standard InChI is InChI=1S/C11H12N2/c1-7-4-9-6-10-8(2-3-12-10)5-11(9)13-7/h2-3,5-7,12-13H,4H2,1H3. The monoisotopic (exact) mass is 172 g/mol. The molecule has 2 heteroatoms. The molecule has 2 aromatic rings.